The molecule has 0 aromatic carbocycles. The lowest BCUT2D eigenvalue weighted by atomic mass is 9.78. The molecule has 0 aliphatic heterocycles. The number of hydrogen-bond acceptors (Lipinski definition) is 2. The van der Waals surface area contributed by atoms with Crippen molar-refractivity contribution in [3.05, 3.63) is 0 Å². The highest BCUT2D eigenvalue weighted by molar-refractivity contribution is 5.73. The van der Waals surface area contributed by atoms with Gasteiger partial charge in [-0.1, -0.05) is 26.2 Å². The van der Waals surface area contributed by atoms with Crippen molar-refractivity contribution in [3.63, 3.8) is 0 Å². The molecule has 80 valence electrons. The van der Waals surface area contributed by atoms with Crippen LogP contribution in [0.4, 0.5) is 4.79 Å². The lowest BCUT2D eigenvalue weighted by Crippen LogP contribution is -2.26. The first kappa shape index (κ1) is 11.0. The number of hydrogen-bond donors (Lipinski definition) is 2. The van der Waals surface area contributed by atoms with E-state index in [9.17, 15) is 4.79 Å². The average Bonchev–Trinajstić information content (AvgIpc) is 2.18. The molecule has 2 amide bonds. The van der Waals surface area contributed by atoms with Gasteiger partial charge < -0.3 is 5.73 Å². The monoisotopic (exact) mass is 197 g/mol. The number of urea groups is 1. The topological polar surface area (TPSA) is 67.5 Å². The zero-order chi connectivity index (χ0) is 10.4. The van der Waals surface area contributed by atoms with Gasteiger partial charge in [0.1, 0.15) is 0 Å². The number of nitrogens with two attached hydrogens (primary N) is 1. The second kappa shape index (κ2) is 5.62. The smallest absolute Gasteiger partial charge is 0.332 e. The Labute approximate surface area is 84.9 Å². The third-order valence-electron chi connectivity index (χ3n) is 2.93. The number of hydrazone groups is 1. The summed E-state index contributed by atoms with van der Waals surface area (Å²) in [6, 6.07) is -0.592. The van der Waals surface area contributed by atoms with Crippen molar-refractivity contribution >= 4 is 12.2 Å². The molecule has 0 spiro atoms. The molecule has 0 aromatic heterocycles. The van der Waals surface area contributed by atoms with Crippen molar-refractivity contribution in [2.24, 2.45) is 22.7 Å². The van der Waals surface area contributed by atoms with E-state index in [2.05, 4.69) is 17.5 Å². The first-order valence-corrected chi connectivity index (χ1v) is 5.32. The van der Waals surface area contributed by atoms with Crippen LogP contribution in [0.3, 0.4) is 0 Å². The van der Waals surface area contributed by atoms with Crippen LogP contribution in [-0.4, -0.2) is 12.2 Å². The van der Waals surface area contributed by atoms with Gasteiger partial charge in [0.05, 0.1) is 0 Å². The Morgan fingerprint density at radius 1 is 1.57 bits per heavy atom. The van der Waals surface area contributed by atoms with Gasteiger partial charge in [-0.25, -0.2) is 10.2 Å². The molecule has 4 heteroatoms. The minimum absolute atomic E-state index is 0.514. The van der Waals surface area contributed by atoms with Crippen molar-refractivity contribution in [2.75, 3.05) is 0 Å². The summed E-state index contributed by atoms with van der Waals surface area (Å²) in [5.41, 5.74) is 7.16. The van der Waals surface area contributed by atoms with Crippen LogP contribution in [0.2, 0.25) is 0 Å². The van der Waals surface area contributed by atoms with Crippen molar-refractivity contribution in [2.45, 2.75) is 39.0 Å². The number of rotatable bonds is 3. The molecule has 1 aliphatic rings. The third kappa shape index (κ3) is 3.36. The van der Waals surface area contributed by atoms with Crippen molar-refractivity contribution in [1.29, 1.82) is 0 Å². The molecule has 0 heterocycles. The van der Waals surface area contributed by atoms with E-state index in [1.807, 2.05) is 6.21 Å². The van der Waals surface area contributed by atoms with Gasteiger partial charge >= 0.3 is 6.03 Å². The Balaban J connectivity index is 2.39. The van der Waals surface area contributed by atoms with E-state index in [1.165, 1.54) is 32.1 Å². The molecule has 0 aromatic rings. The van der Waals surface area contributed by atoms with E-state index >= 15 is 0 Å². The zero-order valence-electron chi connectivity index (χ0n) is 8.70. The van der Waals surface area contributed by atoms with E-state index in [4.69, 9.17) is 5.73 Å². The van der Waals surface area contributed by atoms with E-state index < -0.39 is 6.03 Å². The highest BCUT2D eigenvalue weighted by Crippen LogP contribution is 2.30. The van der Waals surface area contributed by atoms with Crippen LogP contribution in [0.5, 0.6) is 0 Å². The zero-order valence-corrected chi connectivity index (χ0v) is 8.70. The number of primary amides is 1. The quantitative estimate of drug-likeness (QED) is 0.526. The standard InChI is InChI=1S/C10H19N3O/c1-2-8-5-3-4-6-9(8)7-12-13-10(11)14/h7-9H,2-6H2,1H3,(H3,11,13,14)/b12-7+. The number of amides is 2. The van der Waals surface area contributed by atoms with Gasteiger partial charge in [0.15, 0.2) is 0 Å². The molecule has 0 bridgehead atoms. The van der Waals surface area contributed by atoms with Gasteiger partial charge in [-0.3, -0.25) is 0 Å². The number of nitrogens with one attached hydrogen (secondary N) is 1. The second-order valence-electron chi connectivity index (χ2n) is 3.87. The van der Waals surface area contributed by atoms with Gasteiger partial charge in [0.25, 0.3) is 0 Å². The summed E-state index contributed by atoms with van der Waals surface area (Å²) in [5.74, 6) is 1.24. The Kier molecular flexibility index (Phi) is 4.43. The van der Waals surface area contributed by atoms with Gasteiger partial charge in [0.2, 0.25) is 0 Å². The SMILES string of the molecule is CCC1CCCCC1/C=N/NC(N)=O. The summed E-state index contributed by atoms with van der Waals surface area (Å²) in [5, 5.41) is 3.84. The van der Waals surface area contributed by atoms with Crippen LogP contribution in [0, 0.1) is 11.8 Å². The molecular formula is C10H19N3O. The predicted octanol–water partition coefficient (Wildman–Crippen LogP) is 1.86. The van der Waals surface area contributed by atoms with E-state index in [1.54, 1.807) is 0 Å². The average molecular weight is 197 g/mol. The van der Waals surface area contributed by atoms with Crippen LogP contribution < -0.4 is 11.2 Å². The lowest BCUT2D eigenvalue weighted by Gasteiger charge is -2.27. The first-order valence-electron chi connectivity index (χ1n) is 5.32. The fourth-order valence-corrected chi connectivity index (χ4v) is 2.14. The molecular weight excluding hydrogens is 178 g/mol. The molecule has 2 atom stereocenters. The molecule has 1 fully saturated rings. The van der Waals surface area contributed by atoms with Crippen LogP contribution in [0.15, 0.2) is 5.10 Å². The molecule has 1 saturated carbocycles. The van der Waals surface area contributed by atoms with Crippen molar-refractivity contribution in [1.82, 2.24) is 5.43 Å². The maximum atomic E-state index is 10.4. The fraction of sp³-hybridized carbons (Fsp3) is 0.800. The molecule has 4 nitrogen and oxygen atoms in total. The Bertz CT molecular complexity index is 215. The van der Waals surface area contributed by atoms with Crippen molar-refractivity contribution in [3.8, 4) is 0 Å². The summed E-state index contributed by atoms with van der Waals surface area (Å²) in [6.07, 6.45) is 8.09. The maximum Gasteiger partial charge on any atom is 0.332 e. The summed E-state index contributed by atoms with van der Waals surface area (Å²) in [7, 11) is 0. The van der Waals surface area contributed by atoms with Crippen LogP contribution in [0.1, 0.15) is 39.0 Å². The minimum atomic E-state index is -0.592. The molecule has 0 saturated heterocycles. The van der Waals surface area contributed by atoms with Crippen molar-refractivity contribution < 1.29 is 4.79 Å². The van der Waals surface area contributed by atoms with Gasteiger partial charge in [-0.15, -0.1) is 0 Å². The lowest BCUT2D eigenvalue weighted by molar-refractivity contribution is 0.249. The highest BCUT2D eigenvalue weighted by Gasteiger charge is 2.21. The molecule has 1 aliphatic carbocycles. The van der Waals surface area contributed by atoms with E-state index in [0.29, 0.717) is 5.92 Å². The molecule has 1 rings (SSSR count). The number of carbonyl (C=O) groups is 1. The number of nitrogens with zero attached hydrogens (tertiary/aromatic N) is 1. The summed E-state index contributed by atoms with van der Waals surface area (Å²) >= 11 is 0. The van der Waals surface area contributed by atoms with Crippen LogP contribution in [0.25, 0.3) is 0 Å². The summed E-state index contributed by atoms with van der Waals surface area (Å²) in [4.78, 5) is 10.4. The fourth-order valence-electron chi connectivity index (χ4n) is 2.14. The molecule has 0 radical (unpaired) electrons. The van der Waals surface area contributed by atoms with Gasteiger partial charge in [-0.05, 0) is 24.7 Å². The Morgan fingerprint density at radius 2 is 2.29 bits per heavy atom. The van der Waals surface area contributed by atoms with Gasteiger partial charge in [-0.2, -0.15) is 5.10 Å². The van der Waals surface area contributed by atoms with Gasteiger partial charge in [0, 0.05) is 6.21 Å². The molecule has 3 N–H and O–H groups in total. The summed E-state index contributed by atoms with van der Waals surface area (Å²) < 4.78 is 0. The van der Waals surface area contributed by atoms with E-state index in [-0.39, 0.29) is 0 Å². The van der Waals surface area contributed by atoms with Crippen LogP contribution >= 0.6 is 0 Å². The highest BCUT2D eigenvalue weighted by atomic mass is 16.2. The van der Waals surface area contributed by atoms with E-state index in [0.717, 1.165) is 5.92 Å². The van der Waals surface area contributed by atoms with Crippen LogP contribution in [-0.2, 0) is 0 Å². The molecule has 14 heavy (non-hydrogen) atoms. The first-order chi connectivity index (χ1) is 6.74. The Morgan fingerprint density at radius 3 is 2.93 bits per heavy atom. The minimum Gasteiger partial charge on any atom is -0.350 e. The largest absolute Gasteiger partial charge is 0.350 e. The molecule has 2 unspecified atom stereocenters. The third-order valence-corrected chi connectivity index (χ3v) is 2.93. The summed E-state index contributed by atoms with van der Waals surface area (Å²) in [6.45, 7) is 2.21. The second-order valence-corrected chi connectivity index (χ2v) is 3.87. The predicted molar refractivity (Wildman–Crippen MR) is 57.0 cm³/mol. The number of carbonyl (C=O) groups excluding carboxylic acids is 1. The Hall–Kier alpha value is -1.06. The maximum absolute atomic E-state index is 10.4. The normalized spacial score (nSPS) is 27.8.